The Morgan fingerprint density at radius 3 is 2.20 bits per heavy atom. The number of aromatic hydroxyl groups is 2. The highest BCUT2D eigenvalue weighted by atomic mass is 16.7. The van der Waals surface area contributed by atoms with Gasteiger partial charge in [-0.15, -0.1) is 0 Å². The lowest BCUT2D eigenvalue weighted by Gasteiger charge is -2.42. The SMILES string of the molecule is C[C@@H]1O[C@@H](O[C@H]2[C@H](O)C[C@@H](c3ccc4c(c3O)C(=O)c3cc5c(c(O)c3C4=O)C[C@](C)(O)CC5=O)O[C@@H]2C)CC[C@H]1O[C@H]1CCC(=O)[C@@H](C)O1. The maximum Gasteiger partial charge on any atom is 0.198 e. The number of carbonyl (C=O) groups excluding carboxylic acids is 4. The summed E-state index contributed by atoms with van der Waals surface area (Å²) in [5.41, 5.74) is -1.95. The van der Waals surface area contributed by atoms with Gasteiger partial charge in [-0.3, -0.25) is 19.2 Å². The van der Waals surface area contributed by atoms with Crippen molar-refractivity contribution in [1.82, 2.24) is 0 Å². The molecule has 3 fully saturated rings. The summed E-state index contributed by atoms with van der Waals surface area (Å²) in [6, 6.07) is 4.10. The van der Waals surface area contributed by atoms with Crippen LogP contribution in [0.3, 0.4) is 0 Å². The summed E-state index contributed by atoms with van der Waals surface area (Å²) in [5.74, 6) is -2.88. The summed E-state index contributed by atoms with van der Waals surface area (Å²) in [5, 5.41) is 44.3. The molecule has 13 heteroatoms. The molecule has 13 nitrogen and oxygen atoms in total. The molecule has 268 valence electrons. The predicted octanol–water partition coefficient (Wildman–Crippen LogP) is 3.35. The highest BCUT2D eigenvalue weighted by Gasteiger charge is 2.45. The maximum absolute atomic E-state index is 13.8. The zero-order chi connectivity index (χ0) is 35.8. The zero-order valence-electron chi connectivity index (χ0n) is 28.3. The van der Waals surface area contributed by atoms with Gasteiger partial charge in [0.05, 0.1) is 47.2 Å². The Labute approximate surface area is 288 Å². The summed E-state index contributed by atoms with van der Waals surface area (Å²) in [4.78, 5) is 52.1. The molecule has 0 bridgehead atoms. The zero-order valence-corrected chi connectivity index (χ0v) is 28.3. The number of hydrogen-bond donors (Lipinski definition) is 4. The number of phenols is 2. The molecule has 3 aliphatic heterocycles. The molecule has 0 unspecified atom stereocenters. The summed E-state index contributed by atoms with van der Waals surface area (Å²) in [6.07, 6.45) is -3.81. The van der Waals surface area contributed by atoms with E-state index in [0.29, 0.717) is 25.7 Å². The van der Waals surface area contributed by atoms with Crippen LogP contribution in [0.25, 0.3) is 0 Å². The van der Waals surface area contributed by atoms with Gasteiger partial charge in [-0.25, -0.2) is 0 Å². The van der Waals surface area contributed by atoms with Crippen LogP contribution in [0.4, 0.5) is 0 Å². The van der Waals surface area contributed by atoms with Gasteiger partial charge in [-0.1, -0.05) is 6.07 Å². The third kappa shape index (κ3) is 6.08. The second kappa shape index (κ2) is 12.9. The summed E-state index contributed by atoms with van der Waals surface area (Å²) < 4.78 is 30.3. The molecule has 0 spiro atoms. The normalized spacial score (nSPS) is 35.8. The van der Waals surface area contributed by atoms with E-state index in [1.807, 2.05) is 6.92 Å². The Kier molecular flexibility index (Phi) is 8.99. The minimum atomic E-state index is -1.42. The maximum atomic E-state index is 13.8. The Morgan fingerprint density at radius 2 is 1.50 bits per heavy atom. The molecule has 0 saturated carbocycles. The van der Waals surface area contributed by atoms with Crippen molar-refractivity contribution < 1.29 is 63.3 Å². The third-order valence-electron chi connectivity index (χ3n) is 10.6. The molecule has 0 aromatic heterocycles. The summed E-state index contributed by atoms with van der Waals surface area (Å²) in [6.45, 7) is 6.77. The Bertz CT molecular complexity index is 1750. The van der Waals surface area contributed by atoms with Crippen molar-refractivity contribution in [2.45, 2.75) is 134 Å². The second-order valence-corrected chi connectivity index (χ2v) is 14.5. The van der Waals surface area contributed by atoms with E-state index in [-0.39, 0.29) is 76.2 Å². The minimum absolute atomic E-state index is 0.00668. The monoisotopic (exact) mass is 694 g/mol. The first-order valence-corrected chi connectivity index (χ1v) is 17.2. The van der Waals surface area contributed by atoms with Crippen LogP contribution >= 0.6 is 0 Å². The number of rotatable bonds is 5. The first-order chi connectivity index (χ1) is 23.6. The van der Waals surface area contributed by atoms with E-state index in [1.165, 1.54) is 25.1 Å². The summed E-state index contributed by atoms with van der Waals surface area (Å²) >= 11 is 0. The second-order valence-electron chi connectivity index (χ2n) is 14.5. The molecular formula is C37H42O13. The van der Waals surface area contributed by atoms with E-state index in [1.54, 1.807) is 13.8 Å². The standard InChI is InChI=1S/C37H42O13/c1-15-23(38)7-9-28(47-15)49-26-8-10-29(48-16(26)2)50-36-17(3)46-27(12-24(36)39)18-5-6-19-30(32(18)41)34(43)21-11-20-22(35(44)31(21)33(19)42)13-37(4,45)14-25(20)40/h5-6,11,15-17,24,26-29,36,39,41,44-45H,7-10,12-14H2,1-4H3/t15-,16+,17-,24-,26-,27+,28+,29+,36-,37+/m1/s1. The number of hydrogen-bond acceptors (Lipinski definition) is 13. The lowest BCUT2D eigenvalue weighted by Crippen LogP contribution is -2.50. The molecule has 2 aliphatic carbocycles. The lowest BCUT2D eigenvalue weighted by atomic mass is 9.74. The van der Waals surface area contributed by atoms with Crippen molar-refractivity contribution in [1.29, 1.82) is 0 Å². The number of benzene rings is 2. The van der Waals surface area contributed by atoms with Crippen molar-refractivity contribution >= 4 is 23.1 Å². The smallest absolute Gasteiger partial charge is 0.198 e. The Morgan fingerprint density at radius 1 is 0.800 bits per heavy atom. The highest BCUT2D eigenvalue weighted by Crippen LogP contribution is 2.46. The van der Waals surface area contributed by atoms with E-state index in [0.717, 1.165) is 0 Å². The van der Waals surface area contributed by atoms with Gasteiger partial charge in [0.2, 0.25) is 0 Å². The first kappa shape index (κ1) is 34.9. The topological polar surface area (TPSA) is 195 Å². The quantitative estimate of drug-likeness (QED) is 0.304. The van der Waals surface area contributed by atoms with Crippen LogP contribution in [-0.2, 0) is 34.9 Å². The lowest BCUT2D eigenvalue weighted by molar-refractivity contribution is -0.298. The molecule has 5 aliphatic rings. The van der Waals surface area contributed by atoms with Crippen molar-refractivity contribution in [3.05, 3.63) is 57.1 Å². The van der Waals surface area contributed by atoms with Crippen LogP contribution in [0.2, 0.25) is 0 Å². The third-order valence-corrected chi connectivity index (χ3v) is 10.6. The van der Waals surface area contributed by atoms with Gasteiger partial charge >= 0.3 is 0 Å². The van der Waals surface area contributed by atoms with Crippen LogP contribution in [0, 0.1) is 0 Å². The molecule has 3 saturated heterocycles. The fraction of sp³-hybridized carbons (Fsp3) is 0.568. The van der Waals surface area contributed by atoms with Crippen LogP contribution in [-0.4, -0.2) is 98.4 Å². The average molecular weight is 695 g/mol. The number of aliphatic hydroxyl groups is 2. The molecule has 2 aromatic rings. The molecule has 3 heterocycles. The van der Waals surface area contributed by atoms with Gasteiger partial charge in [0.1, 0.15) is 23.7 Å². The van der Waals surface area contributed by atoms with Gasteiger partial charge in [-0.05, 0) is 46.2 Å². The molecule has 2 aromatic carbocycles. The number of Topliss-reactive ketones (excluding diaryl/α,β-unsaturated/α-hetero) is 2. The Hall–Kier alpha value is -3.56. The largest absolute Gasteiger partial charge is 0.507 e. The number of fused-ring (bicyclic) bond motifs is 3. The van der Waals surface area contributed by atoms with Crippen molar-refractivity contribution in [2.75, 3.05) is 0 Å². The average Bonchev–Trinajstić information content (AvgIpc) is 3.04. The predicted molar refractivity (Wildman–Crippen MR) is 172 cm³/mol. The molecular weight excluding hydrogens is 652 g/mol. The van der Waals surface area contributed by atoms with Gasteiger partial charge < -0.3 is 44.1 Å². The molecule has 7 rings (SSSR count). The first-order valence-electron chi connectivity index (χ1n) is 17.2. The minimum Gasteiger partial charge on any atom is -0.507 e. The highest BCUT2D eigenvalue weighted by molar-refractivity contribution is 6.31. The van der Waals surface area contributed by atoms with E-state index in [4.69, 9.17) is 23.7 Å². The molecule has 0 amide bonds. The van der Waals surface area contributed by atoms with Crippen molar-refractivity contribution in [3.8, 4) is 11.5 Å². The van der Waals surface area contributed by atoms with Crippen molar-refractivity contribution in [3.63, 3.8) is 0 Å². The van der Waals surface area contributed by atoms with Gasteiger partial charge in [0.25, 0.3) is 0 Å². The van der Waals surface area contributed by atoms with Gasteiger partial charge in [0.15, 0.2) is 35.7 Å². The fourth-order valence-electron chi connectivity index (χ4n) is 7.96. The van der Waals surface area contributed by atoms with Crippen LogP contribution < -0.4 is 0 Å². The molecule has 10 atom stereocenters. The molecule has 0 radical (unpaired) electrons. The molecule has 50 heavy (non-hydrogen) atoms. The molecule has 4 N–H and O–H groups in total. The number of phenolic OH excluding ortho intramolecular Hbond substituents is 2. The van der Waals surface area contributed by atoms with E-state index >= 15 is 0 Å². The van der Waals surface area contributed by atoms with E-state index in [2.05, 4.69) is 0 Å². The van der Waals surface area contributed by atoms with Crippen LogP contribution in [0.1, 0.15) is 126 Å². The Balaban J connectivity index is 1.04. The summed E-state index contributed by atoms with van der Waals surface area (Å²) in [7, 11) is 0. The number of carbonyl (C=O) groups is 4. The van der Waals surface area contributed by atoms with Gasteiger partial charge in [-0.2, -0.15) is 0 Å². The fourth-order valence-corrected chi connectivity index (χ4v) is 7.96. The number of ether oxygens (including phenoxy) is 5. The number of aliphatic hydroxyl groups excluding tert-OH is 1. The number of ketones is 4. The van der Waals surface area contributed by atoms with Crippen molar-refractivity contribution in [2.24, 2.45) is 0 Å². The van der Waals surface area contributed by atoms with E-state index < -0.39 is 77.5 Å². The van der Waals surface area contributed by atoms with E-state index in [9.17, 15) is 39.6 Å². The van der Waals surface area contributed by atoms with Gasteiger partial charge in [0, 0.05) is 66.3 Å². The van der Waals surface area contributed by atoms with Crippen LogP contribution in [0.5, 0.6) is 11.5 Å². The van der Waals surface area contributed by atoms with Crippen LogP contribution in [0.15, 0.2) is 18.2 Å².